The lowest BCUT2D eigenvalue weighted by atomic mass is 9.78. The Morgan fingerprint density at radius 1 is 1.31 bits per heavy atom. The van der Waals surface area contributed by atoms with Crippen molar-refractivity contribution in [2.75, 3.05) is 0 Å². The van der Waals surface area contributed by atoms with Gasteiger partial charge in [0.15, 0.2) is 0 Å². The maximum Gasteiger partial charge on any atom is 0.127 e. The number of benzene rings is 1. The van der Waals surface area contributed by atoms with Gasteiger partial charge in [0, 0.05) is 12.4 Å². The van der Waals surface area contributed by atoms with Gasteiger partial charge in [-0.3, -0.25) is 4.99 Å². The summed E-state index contributed by atoms with van der Waals surface area (Å²) in [6.07, 6.45) is 11.4. The summed E-state index contributed by atoms with van der Waals surface area (Å²) in [7, 11) is 0. The molecular weight excluding hydrogens is 321 g/mol. The van der Waals surface area contributed by atoms with Crippen molar-refractivity contribution in [1.82, 2.24) is 0 Å². The fraction of sp³-hybridized carbons (Fsp3) is 0.458. The average Bonchev–Trinajstić information content (AvgIpc) is 2.65. The molecule has 1 unspecified atom stereocenters. The summed E-state index contributed by atoms with van der Waals surface area (Å²) in [6.45, 7) is 12.5. The number of halogens is 1. The molecule has 0 N–H and O–H groups in total. The van der Waals surface area contributed by atoms with Crippen LogP contribution in [0.5, 0.6) is 0 Å². The second-order valence-corrected chi connectivity index (χ2v) is 7.41. The van der Waals surface area contributed by atoms with Gasteiger partial charge in [-0.05, 0) is 87.5 Å². The Morgan fingerprint density at radius 3 is 2.62 bits per heavy atom. The van der Waals surface area contributed by atoms with Crippen LogP contribution in [0.4, 0.5) is 4.39 Å². The zero-order chi connectivity index (χ0) is 19.1. The second-order valence-electron chi connectivity index (χ2n) is 7.41. The molecule has 26 heavy (non-hydrogen) atoms. The Balaban J connectivity index is 2.16. The van der Waals surface area contributed by atoms with Gasteiger partial charge in [-0.15, -0.1) is 0 Å². The predicted octanol–water partition coefficient (Wildman–Crippen LogP) is 7.46. The molecule has 1 fully saturated rings. The van der Waals surface area contributed by atoms with Gasteiger partial charge < -0.3 is 0 Å². The van der Waals surface area contributed by atoms with Crippen LogP contribution < -0.4 is 0 Å². The van der Waals surface area contributed by atoms with Crippen LogP contribution >= 0.6 is 0 Å². The third kappa shape index (κ3) is 5.03. The Hall–Kier alpha value is -1.96. The van der Waals surface area contributed by atoms with E-state index in [-0.39, 0.29) is 11.7 Å². The topological polar surface area (TPSA) is 12.4 Å². The number of hydrogen-bond donors (Lipinski definition) is 0. The molecular formula is C24H32FN. The van der Waals surface area contributed by atoms with Gasteiger partial charge in [-0.25, -0.2) is 4.39 Å². The summed E-state index contributed by atoms with van der Waals surface area (Å²) in [4.78, 5) is 4.20. The quantitative estimate of drug-likeness (QED) is 0.371. The highest BCUT2D eigenvalue weighted by Gasteiger charge is 2.23. The first-order valence-corrected chi connectivity index (χ1v) is 9.73. The molecule has 2 rings (SSSR count). The zero-order valence-corrected chi connectivity index (χ0v) is 16.7. The minimum Gasteiger partial charge on any atom is -0.269 e. The van der Waals surface area contributed by atoms with E-state index < -0.39 is 0 Å². The summed E-state index contributed by atoms with van der Waals surface area (Å²) < 4.78 is 14.7. The summed E-state index contributed by atoms with van der Waals surface area (Å²) in [5.41, 5.74) is 5.57. The Labute approximate surface area is 158 Å². The first-order chi connectivity index (χ1) is 12.5. The summed E-state index contributed by atoms with van der Waals surface area (Å²) >= 11 is 0. The van der Waals surface area contributed by atoms with Crippen molar-refractivity contribution in [3.8, 4) is 0 Å². The molecule has 0 bridgehead atoms. The predicted molar refractivity (Wildman–Crippen MR) is 112 cm³/mol. The molecule has 2 heteroatoms. The van der Waals surface area contributed by atoms with Gasteiger partial charge in [0.1, 0.15) is 5.82 Å². The molecule has 0 heterocycles. The molecule has 0 aromatic heterocycles. The van der Waals surface area contributed by atoms with Gasteiger partial charge in [0.05, 0.1) is 0 Å². The first kappa shape index (κ1) is 20.4. The second kappa shape index (κ2) is 9.66. The maximum atomic E-state index is 14.7. The third-order valence-corrected chi connectivity index (χ3v) is 5.57. The largest absolute Gasteiger partial charge is 0.269 e. The number of hydrogen-bond acceptors (Lipinski definition) is 1. The first-order valence-electron chi connectivity index (χ1n) is 9.73. The lowest BCUT2D eigenvalue weighted by Gasteiger charge is -2.28. The van der Waals surface area contributed by atoms with E-state index >= 15 is 0 Å². The highest BCUT2D eigenvalue weighted by atomic mass is 19.1. The van der Waals surface area contributed by atoms with Gasteiger partial charge in [-0.2, -0.15) is 0 Å². The fourth-order valence-electron chi connectivity index (χ4n) is 3.99. The summed E-state index contributed by atoms with van der Waals surface area (Å²) in [5.74, 6) is 0.546. The van der Waals surface area contributed by atoms with Gasteiger partial charge in [0.2, 0.25) is 0 Å². The van der Waals surface area contributed by atoms with Crippen LogP contribution in [0.15, 0.2) is 53.2 Å². The van der Waals surface area contributed by atoms with Crippen molar-refractivity contribution in [3.05, 3.63) is 65.1 Å². The molecule has 1 aromatic rings. The highest BCUT2D eigenvalue weighted by molar-refractivity contribution is 5.69. The summed E-state index contributed by atoms with van der Waals surface area (Å²) in [5, 5.41) is 0. The summed E-state index contributed by atoms with van der Waals surface area (Å²) in [6, 6.07) is 5.34. The lowest BCUT2D eigenvalue weighted by molar-refractivity contribution is 0.445. The molecule has 0 saturated heterocycles. The van der Waals surface area contributed by atoms with Crippen LogP contribution in [0.1, 0.15) is 76.8 Å². The third-order valence-electron chi connectivity index (χ3n) is 5.57. The van der Waals surface area contributed by atoms with Crippen LogP contribution in [0, 0.1) is 11.7 Å². The Kier molecular flexibility index (Phi) is 7.56. The van der Waals surface area contributed by atoms with Crippen LogP contribution in [0.2, 0.25) is 0 Å². The van der Waals surface area contributed by atoms with E-state index in [0.717, 1.165) is 23.1 Å². The van der Waals surface area contributed by atoms with Crippen LogP contribution in [0.3, 0.4) is 0 Å². The van der Waals surface area contributed by atoms with Gasteiger partial charge in [0.25, 0.3) is 0 Å². The van der Waals surface area contributed by atoms with E-state index in [1.807, 2.05) is 19.9 Å². The average molecular weight is 354 g/mol. The molecule has 0 spiro atoms. The number of aliphatic imine (C=N–C) groups is 1. The molecule has 1 aliphatic carbocycles. The van der Waals surface area contributed by atoms with Crippen molar-refractivity contribution in [2.45, 2.75) is 65.7 Å². The number of allylic oxidation sites excluding steroid dienone is 4. The van der Waals surface area contributed by atoms with Crippen molar-refractivity contribution >= 4 is 11.8 Å². The van der Waals surface area contributed by atoms with Crippen molar-refractivity contribution in [1.29, 1.82) is 0 Å². The lowest BCUT2D eigenvalue weighted by Crippen LogP contribution is -2.13. The van der Waals surface area contributed by atoms with Crippen molar-refractivity contribution in [3.63, 3.8) is 0 Å². The number of rotatable bonds is 6. The zero-order valence-electron chi connectivity index (χ0n) is 16.7. The van der Waals surface area contributed by atoms with Crippen molar-refractivity contribution < 1.29 is 4.39 Å². The van der Waals surface area contributed by atoms with Crippen LogP contribution in [0.25, 0.3) is 5.57 Å². The van der Waals surface area contributed by atoms with E-state index in [9.17, 15) is 4.39 Å². The van der Waals surface area contributed by atoms with Crippen LogP contribution in [-0.4, -0.2) is 6.21 Å². The molecule has 140 valence electrons. The molecule has 1 nitrogen and oxygen atoms in total. The van der Waals surface area contributed by atoms with E-state index in [1.54, 1.807) is 30.1 Å². The van der Waals surface area contributed by atoms with E-state index in [0.29, 0.717) is 5.92 Å². The standard InChI is InChI=1S/C24H32FN/c1-6-20-11-13-21(14-12-20)17(3)15-18(4)24-22(9-8-10-23(24)25)19(5)16-26-7-2/h6-10,16,18,21H,3,11-15H2,1-2,4-5H3/b19-16+,20-6?,26-7?. The van der Waals surface area contributed by atoms with Gasteiger partial charge in [-0.1, -0.05) is 42.9 Å². The number of nitrogens with zero attached hydrogens (tertiary/aromatic N) is 1. The van der Waals surface area contributed by atoms with E-state index in [1.165, 1.54) is 31.3 Å². The smallest absolute Gasteiger partial charge is 0.127 e. The van der Waals surface area contributed by atoms with Crippen molar-refractivity contribution in [2.24, 2.45) is 10.9 Å². The molecule has 0 radical (unpaired) electrons. The molecule has 0 amide bonds. The molecule has 0 aliphatic heterocycles. The van der Waals surface area contributed by atoms with Gasteiger partial charge >= 0.3 is 0 Å². The molecule has 1 aromatic carbocycles. The molecule has 1 aliphatic rings. The van der Waals surface area contributed by atoms with Crippen LogP contribution in [-0.2, 0) is 0 Å². The SMILES string of the molecule is C=C(CC(C)c1c(F)cccc1/C(C)=C/N=CC)C1CCC(=CC)CC1. The van der Waals surface area contributed by atoms with E-state index in [4.69, 9.17) is 0 Å². The highest BCUT2D eigenvalue weighted by Crippen LogP contribution is 2.38. The normalized spacial score (nSPS) is 19.7. The molecule has 1 atom stereocenters. The monoisotopic (exact) mass is 353 g/mol. The fourth-order valence-corrected chi connectivity index (χ4v) is 3.99. The minimum atomic E-state index is -0.129. The maximum absolute atomic E-state index is 14.7. The Bertz CT molecular complexity index is 714. The molecule has 1 saturated carbocycles. The Morgan fingerprint density at radius 2 is 2.00 bits per heavy atom. The minimum absolute atomic E-state index is 0.107. The van der Waals surface area contributed by atoms with E-state index in [2.05, 4.69) is 31.5 Å².